The van der Waals surface area contributed by atoms with Gasteiger partial charge in [-0.25, -0.2) is 4.79 Å². The van der Waals surface area contributed by atoms with Gasteiger partial charge in [0.25, 0.3) is 0 Å². The normalized spacial score (nSPS) is 19.5. The van der Waals surface area contributed by atoms with E-state index in [0.717, 1.165) is 5.56 Å². The fourth-order valence-electron chi connectivity index (χ4n) is 3.84. The number of aliphatic hydroxyl groups is 1. The van der Waals surface area contributed by atoms with Crippen LogP contribution in [-0.2, 0) is 11.2 Å². The summed E-state index contributed by atoms with van der Waals surface area (Å²) in [5.74, 6) is 0.889. The third-order valence-corrected chi connectivity index (χ3v) is 5.77. The number of anilines is 1. The summed E-state index contributed by atoms with van der Waals surface area (Å²) in [7, 11) is 1.51. The van der Waals surface area contributed by atoms with Crippen molar-refractivity contribution in [2.24, 2.45) is 0 Å². The van der Waals surface area contributed by atoms with Gasteiger partial charge in [0, 0.05) is 23.7 Å². The Kier molecular flexibility index (Phi) is 6.60. The van der Waals surface area contributed by atoms with E-state index in [9.17, 15) is 9.90 Å². The minimum Gasteiger partial charge on any atom is -0.495 e. The van der Waals surface area contributed by atoms with Crippen LogP contribution < -0.4 is 15.2 Å². The molecule has 1 amide bonds. The summed E-state index contributed by atoms with van der Waals surface area (Å²) in [5, 5.41) is 11.0. The van der Waals surface area contributed by atoms with Crippen molar-refractivity contribution in [3.8, 4) is 11.5 Å². The van der Waals surface area contributed by atoms with Crippen LogP contribution in [0.1, 0.15) is 51.8 Å². The number of nitrogens with zero attached hydrogens (tertiary/aromatic N) is 1. The zero-order valence-electron chi connectivity index (χ0n) is 19.7. The topological polar surface area (TPSA) is 94.3 Å². The molecule has 32 heavy (non-hydrogen) atoms. The van der Waals surface area contributed by atoms with Gasteiger partial charge in [0.1, 0.15) is 23.2 Å². The van der Waals surface area contributed by atoms with Crippen LogP contribution in [0.25, 0.3) is 0 Å². The first-order valence-corrected chi connectivity index (χ1v) is 10.8. The summed E-state index contributed by atoms with van der Waals surface area (Å²) in [4.78, 5) is 15.0. The van der Waals surface area contributed by atoms with Crippen LogP contribution >= 0.6 is 0 Å². The highest BCUT2D eigenvalue weighted by Crippen LogP contribution is 2.45. The van der Waals surface area contributed by atoms with Gasteiger partial charge in [0.2, 0.25) is 0 Å². The molecular formula is C25H34N2O5. The van der Waals surface area contributed by atoms with Crippen LogP contribution in [0, 0.1) is 0 Å². The van der Waals surface area contributed by atoms with Crippen molar-refractivity contribution in [2.45, 2.75) is 64.4 Å². The average Bonchev–Trinajstić information content (AvgIpc) is 2.71. The first-order chi connectivity index (χ1) is 14.9. The van der Waals surface area contributed by atoms with Crippen molar-refractivity contribution < 1.29 is 24.1 Å². The molecular weight excluding hydrogens is 408 g/mol. The van der Waals surface area contributed by atoms with Crippen LogP contribution in [0.3, 0.4) is 0 Å². The minimum absolute atomic E-state index is 0.405. The number of aliphatic hydroxyl groups excluding tert-OH is 1. The molecule has 0 radical (unpaired) electrons. The SMILES string of the molecule is COc1cc2c(cc1N)OC(C)(C)[C@H](O)[C@H]2OC(=O)N(CCc1ccccc1)C(C)(C)C. The Bertz CT molecular complexity index is 953. The van der Waals surface area contributed by atoms with Crippen LogP contribution in [0.15, 0.2) is 42.5 Å². The molecule has 0 bridgehead atoms. The molecule has 2 aromatic carbocycles. The smallest absolute Gasteiger partial charge is 0.410 e. The number of benzene rings is 2. The molecule has 2 aromatic rings. The standard InChI is InChI=1S/C25H34N2O5/c1-24(2,3)27(13-12-16-10-8-7-9-11-16)23(29)31-21-17-14-20(30-6)18(26)15-19(17)32-25(4,5)22(21)28/h7-11,14-15,21-22,28H,12-13,26H2,1-6H3/t21-,22+/m0/s1. The predicted octanol–water partition coefficient (Wildman–Crippen LogP) is 4.33. The van der Waals surface area contributed by atoms with Gasteiger partial charge >= 0.3 is 6.09 Å². The average molecular weight is 443 g/mol. The number of carbonyl (C=O) groups excluding carboxylic acids is 1. The minimum atomic E-state index is -1.08. The van der Waals surface area contributed by atoms with Crippen LogP contribution in [0.2, 0.25) is 0 Å². The summed E-state index contributed by atoms with van der Waals surface area (Å²) in [6, 6.07) is 13.3. The van der Waals surface area contributed by atoms with E-state index in [0.29, 0.717) is 35.7 Å². The number of rotatable bonds is 5. The second kappa shape index (κ2) is 8.90. The summed E-state index contributed by atoms with van der Waals surface area (Å²) >= 11 is 0. The molecule has 0 saturated heterocycles. The molecule has 0 spiro atoms. The Labute approximate surface area is 190 Å². The lowest BCUT2D eigenvalue weighted by Crippen LogP contribution is -2.52. The zero-order chi connectivity index (χ0) is 23.7. The van der Waals surface area contributed by atoms with E-state index in [4.69, 9.17) is 19.9 Å². The van der Waals surface area contributed by atoms with Crippen LogP contribution in [-0.4, -0.2) is 47.0 Å². The van der Waals surface area contributed by atoms with Crippen molar-refractivity contribution in [2.75, 3.05) is 19.4 Å². The number of methoxy groups -OCH3 is 1. The van der Waals surface area contributed by atoms with Gasteiger partial charge in [-0.05, 0) is 52.7 Å². The number of nitrogen functional groups attached to an aromatic ring is 1. The molecule has 0 unspecified atom stereocenters. The van der Waals surface area contributed by atoms with Gasteiger partial charge in [-0.15, -0.1) is 0 Å². The molecule has 1 heterocycles. The monoisotopic (exact) mass is 442 g/mol. The van der Waals surface area contributed by atoms with Crippen molar-refractivity contribution in [1.82, 2.24) is 4.90 Å². The Hall–Kier alpha value is -2.93. The number of ether oxygens (including phenoxy) is 3. The summed E-state index contributed by atoms with van der Waals surface area (Å²) in [6.07, 6.45) is -1.83. The Morgan fingerprint density at radius 3 is 2.47 bits per heavy atom. The van der Waals surface area contributed by atoms with E-state index in [-0.39, 0.29) is 0 Å². The van der Waals surface area contributed by atoms with E-state index in [1.54, 1.807) is 30.9 Å². The van der Waals surface area contributed by atoms with E-state index < -0.39 is 29.4 Å². The third kappa shape index (κ3) is 4.93. The second-order valence-corrected chi connectivity index (χ2v) is 9.64. The van der Waals surface area contributed by atoms with Gasteiger partial charge in [0.05, 0.1) is 12.8 Å². The number of fused-ring (bicyclic) bond motifs is 1. The molecule has 0 saturated carbocycles. The highest BCUT2D eigenvalue weighted by Gasteiger charge is 2.46. The maximum atomic E-state index is 13.4. The quantitative estimate of drug-likeness (QED) is 0.670. The molecule has 3 N–H and O–H groups in total. The van der Waals surface area contributed by atoms with E-state index in [2.05, 4.69) is 0 Å². The fraction of sp³-hybridized carbons (Fsp3) is 0.480. The number of amides is 1. The van der Waals surface area contributed by atoms with E-state index >= 15 is 0 Å². The fourth-order valence-corrected chi connectivity index (χ4v) is 3.84. The Morgan fingerprint density at radius 1 is 1.22 bits per heavy atom. The van der Waals surface area contributed by atoms with Gasteiger partial charge < -0.3 is 30.0 Å². The lowest BCUT2D eigenvalue weighted by atomic mass is 9.88. The van der Waals surface area contributed by atoms with Crippen molar-refractivity contribution in [3.63, 3.8) is 0 Å². The number of hydrogen-bond donors (Lipinski definition) is 2. The molecule has 7 heteroatoms. The summed E-state index contributed by atoms with van der Waals surface area (Å²) < 4.78 is 17.2. The number of hydrogen-bond acceptors (Lipinski definition) is 6. The first-order valence-electron chi connectivity index (χ1n) is 10.8. The lowest BCUT2D eigenvalue weighted by Gasteiger charge is -2.43. The van der Waals surface area contributed by atoms with Gasteiger partial charge in [-0.2, -0.15) is 0 Å². The van der Waals surface area contributed by atoms with Gasteiger partial charge in [-0.1, -0.05) is 30.3 Å². The maximum Gasteiger partial charge on any atom is 0.410 e. The highest BCUT2D eigenvalue weighted by atomic mass is 16.6. The maximum absolute atomic E-state index is 13.4. The first kappa shape index (κ1) is 23.7. The van der Waals surface area contributed by atoms with Crippen LogP contribution in [0.4, 0.5) is 10.5 Å². The molecule has 7 nitrogen and oxygen atoms in total. The molecule has 0 aliphatic carbocycles. The largest absolute Gasteiger partial charge is 0.495 e. The Balaban J connectivity index is 1.89. The molecule has 0 fully saturated rings. The van der Waals surface area contributed by atoms with Gasteiger partial charge in [0.15, 0.2) is 6.10 Å². The molecule has 3 rings (SSSR count). The number of carbonyl (C=O) groups is 1. The summed E-state index contributed by atoms with van der Waals surface area (Å²) in [6.45, 7) is 9.86. The molecule has 174 valence electrons. The van der Waals surface area contributed by atoms with Crippen molar-refractivity contribution >= 4 is 11.8 Å². The third-order valence-electron chi connectivity index (χ3n) is 5.77. The van der Waals surface area contributed by atoms with Gasteiger partial charge in [-0.3, -0.25) is 0 Å². The van der Waals surface area contributed by atoms with E-state index in [1.165, 1.54) is 7.11 Å². The molecule has 1 aliphatic heterocycles. The lowest BCUT2D eigenvalue weighted by molar-refractivity contribution is -0.119. The molecule has 1 aliphatic rings. The molecule has 2 atom stereocenters. The highest BCUT2D eigenvalue weighted by molar-refractivity contribution is 5.70. The predicted molar refractivity (Wildman–Crippen MR) is 124 cm³/mol. The Morgan fingerprint density at radius 2 is 1.88 bits per heavy atom. The van der Waals surface area contributed by atoms with E-state index in [1.807, 2.05) is 51.1 Å². The molecule has 0 aromatic heterocycles. The van der Waals surface area contributed by atoms with Crippen LogP contribution in [0.5, 0.6) is 11.5 Å². The second-order valence-electron chi connectivity index (χ2n) is 9.64. The van der Waals surface area contributed by atoms with Crippen molar-refractivity contribution in [1.29, 1.82) is 0 Å². The van der Waals surface area contributed by atoms with Crippen molar-refractivity contribution in [3.05, 3.63) is 53.6 Å². The number of nitrogens with two attached hydrogens (primary N) is 1. The summed E-state index contributed by atoms with van der Waals surface area (Å²) in [5.41, 5.74) is 6.65. The zero-order valence-corrected chi connectivity index (χ0v) is 19.7.